The fraction of sp³-hybridized carbons (Fsp3) is 0.500. The summed E-state index contributed by atoms with van der Waals surface area (Å²) in [4.78, 5) is 18.8. The Hall–Kier alpha value is -2.18. The van der Waals surface area contributed by atoms with Crippen molar-refractivity contribution in [3.63, 3.8) is 0 Å². The van der Waals surface area contributed by atoms with E-state index >= 15 is 0 Å². The summed E-state index contributed by atoms with van der Waals surface area (Å²) in [7, 11) is 5.98. The van der Waals surface area contributed by atoms with Crippen LogP contribution in [-0.4, -0.2) is 66.0 Å². The Balaban J connectivity index is 1.54. The van der Waals surface area contributed by atoms with E-state index in [1.165, 1.54) is 12.0 Å². The van der Waals surface area contributed by atoms with Crippen LogP contribution in [0.5, 0.6) is 0 Å². The number of carbonyl (C=O) groups is 1. The molecule has 1 atom stereocenters. The minimum absolute atomic E-state index is 0.0778. The monoisotopic (exact) mass is 356 g/mol. The lowest BCUT2D eigenvalue weighted by atomic mass is 10.2. The second kappa shape index (κ2) is 8.47. The van der Waals surface area contributed by atoms with Gasteiger partial charge >= 0.3 is 0 Å². The fourth-order valence-corrected chi connectivity index (χ4v) is 3.51. The molecule has 1 fully saturated rings. The molecular formula is C20H28N4O2. The van der Waals surface area contributed by atoms with Gasteiger partial charge in [-0.3, -0.25) is 9.69 Å². The summed E-state index contributed by atoms with van der Waals surface area (Å²) in [6.07, 6.45) is 2.34. The number of amides is 1. The first-order chi connectivity index (χ1) is 12.5. The number of likely N-dealkylation sites (N-methyl/N-ethyl adjacent to an activating group) is 2. The van der Waals surface area contributed by atoms with E-state index in [-0.39, 0.29) is 5.91 Å². The number of likely N-dealkylation sites (tertiary alicyclic amines) is 1. The molecule has 3 rings (SSSR count). The number of aromatic nitrogens is 1. The maximum atomic E-state index is 12.6. The van der Waals surface area contributed by atoms with Gasteiger partial charge in [0.2, 0.25) is 0 Å². The van der Waals surface area contributed by atoms with Gasteiger partial charge in [0.25, 0.3) is 5.91 Å². The molecule has 0 aliphatic carbocycles. The van der Waals surface area contributed by atoms with Crippen molar-refractivity contribution in [2.24, 2.45) is 0 Å². The molecule has 1 unspecified atom stereocenters. The molecule has 1 saturated heterocycles. The SMILES string of the molecule is CN(Cc1ccccc1)Cc1cc(C(=O)N(C)CC2CCCN2C)no1. The molecule has 2 heterocycles. The molecule has 1 aliphatic rings. The van der Waals surface area contributed by atoms with Crippen LogP contribution in [0.25, 0.3) is 0 Å². The second-order valence-corrected chi connectivity index (χ2v) is 7.30. The second-order valence-electron chi connectivity index (χ2n) is 7.30. The van der Waals surface area contributed by atoms with E-state index in [1.807, 2.05) is 32.3 Å². The van der Waals surface area contributed by atoms with E-state index in [0.29, 0.717) is 24.0 Å². The van der Waals surface area contributed by atoms with Crippen molar-refractivity contribution in [3.8, 4) is 0 Å². The van der Waals surface area contributed by atoms with Gasteiger partial charge in [-0.2, -0.15) is 0 Å². The maximum absolute atomic E-state index is 12.6. The van der Waals surface area contributed by atoms with Crippen LogP contribution in [-0.2, 0) is 13.1 Å². The van der Waals surface area contributed by atoms with Gasteiger partial charge in [0.1, 0.15) is 0 Å². The van der Waals surface area contributed by atoms with E-state index < -0.39 is 0 Å². The molecule has 6 heteroatoms. The fourth-order valence-electron chi connectivity index (χ4n) is 3.51. The zero-order valence-corrected chi connectivity index (χ0v) is 15.9. The number of rotatable bonds is 7. The standard InChI is InChI=1S/C20H28N4O2/c1-22(13-16-8-5-4-6-9-16)15-18-12-19(21-26-18)20(25)24(3)14-17-10-7-11-23(17)2/h4-6,8-9,12,17H,7,10-11,13-15H2,1-3H3. The van der Waals surface area contributed by atoms with Gasteiger partial charge in [-0.15, -0.1) is 0 Å². The first-order valence-electron chi connectivity index (χ1n) is 9.16. The van der Waals surface area contributed by atoms with Gasteiger partial charge in [-0.1, -0.05) is 35.5 Å². The van der Waals surface area contributed by atoms with Gasteiger partial charge in [0.15, 0.2) is 11.5 Å². The summed E-state index contributed by atoms with van der Waals surface area (Å²) in [6.45, 7) is 3.27. The topological polar surface area (TPSA) is 52.8 Å². The van der Waals surface area contributed by atoms with Crippen LogP contribution in [0.2, 0.25) is 0 Å². The van der Waals surface area contributed by atoms with Crippen molar-refractivity contribution in [2.45, 2.75) is 32.0 Å². The lowest BCUT2D eigenvalue weighted by molar-refractivity contribution is 0.0751. The summed E-state index contributed by atoms with van der Waals surface area (Å²) in [5.74, 6) is 0.629. The highest BCUT2D eigenvalue weighted by atomic mass is 16.5. The molecular weight excluding hydrogens is 328 g/mol. The van der Waals surface area contributed by atoms with Gasteiger partial charge in [-0.25, -0.2) is 0 Å². The summed E-state index contributed by atoms with van der Waals surface area (Å²) < 4.78 is 5.39. The highest BCUT2D eigenvalue weighted by Gasteiger charge is 2.25. The normalized spacial score (nSPS) is 17.8. The predicted molar refractivity (Wildman–Crippen MR) is 101 cm³/mol. The summed E-state index contributed by atoms with van der Waals surface area (Å²) in [5, 5.41) is 3.98. The Morgan fingerprint density at radius 2 is 2.04 bits per heavy atom. The first-order valence-corrected chi connectivity index (χ1v) is 9.16. The number of hydrogen-bond donors (Lipinski definition) is 0. The number of hydrogen-bond acceptors (Lipinski definition) is 5. The van der Waals surface area contributed by atoms with Crippen molar-refractivity contribution in [2.75, 3.05) is 34.2 Å². The quantitative estimate of drug-likeness (QED) is 0.763. The molecule has 0 radical (unpaired) electrons. The lowest BCUT2D eigenvalue weighted by Gasteiger charge is -2.25. The van der Waals surface area contributed by atoms with Gasteiger partial charge < -0.3 is 14.3 Å². The summed E-state index contributed by atoms with van der Waals surface area (Å²) in [5.41, 5.74) is 1.63. The number of nitrogens with zero attached hydrogens (tertiary/aromatic N) is 4. The third kappa shape index (κ3) is 4.71. The van der Waals surface area contributed by atoms with Crippen molar-refractivity contribution >= 4 is 5.91 Å². The highest BCUT2D eigenvalue weighted by molar-refractivity contribution is 5.92. The third-order valence-corrected chi connectivity index (χ3v) is 5.00. The highest BCUT2D eigenvalue weighted by Crippen LogP contribution is 2.17. The molecule has 1 aromatic heterocycles. The average molecular weight is 356 g/mol. The maximum Gasteiger partial charge on any atom is 0.275 e. The Morgan fingerprint density at radius 3 is 2.73 bits per heavy atom. The summed E-state index contributed by atoms with van der Waals surface area (Å²) in [6, 6.07) is 12.5. The Labute approximate surface area is 155 Å². The van der Waals surface area contributed by atoms with E-state index in [0.717, 1.165) is 26.1 Å². The van der Waals surface area contributed by atoms with Crippen LogP contribution in [0, 0.1) is 0 Å². The van der Waals surface area contributed by atoms with E-state index in [1.54, 1.807) is 11.0 Å². The minimum Gasteiger partial charge on any atom is -0.359 e. The van der Waals surface area contributed by atoms with Crippen LogP contribution in [0.15, 0.2) is 40.9 Å². The van der Waals surface area contributed by atoms with Crippen molar-refractivity contribution in [1.29, 1.82) is 0 Å². The molecule has 140 valence electrons. The third-order valence-electron chi connectivity index (χ3n) is 5.00. The molecule has 0 saturated carbocycles. The summed E-state index contributed by atoms with van der Waals surface area (Å²) >= 11 is 0. The van der Waals surface area contributed by atoms with Crippen LogP contribution in [0.1, 0.15) is 34.7 Å². The molecule has 1 amide bonds. The smallest absolute Gasteiger partial charge is 0.275 e. The average Bonchev–Trinajstić information content (AvgIpc) is 3.24. The Bertz CT molecular complexity index is 716. The van der Waals surface area contributed by atoms with Gasteiger partial charge in [0.05, 0.1) is 6.54 Å². The largest absolute Gasteiger partial charge is 0.359 e. The van der Waals surface area contributed by atoms with Crippen molar-refractivity contribution < 1.29 is 9.32 Å². The zero-order valence-electron chi connectivity index (χ0n) is 15.9. The van der Waals surface area contributed by atoms with E-state index in [9.17, 15) is 4.79 Å². The van der Waals surface area contributed by atoms with Crippen LogP contribution < -0.4 is 0 Å². The van der Waals surface area contributed by atoms with Crippen LogP contribution >= 0.6 is 0 Å². The van der Waals surface area contributed by atoms with Gasteiger partial charge in [-0.05, 0) is 39.0 Å². The van der Waals surface area contributed by atoms with Crippen LogP contribution in [0.3, 0.4) is 0 Å². The molecule has 0 bridgehead atoms. The molecule has 26 heavy (non-hydrogen) atoms. The van der Waals surface area contributed by atoms with Crippen molar-refractivity contribution in [3.05, 3.63) is 53.4 Å². The number of benzene rings is 1. The Kier molecular flexibility index (Phi) is 6.06. The molecule has 0 N–H and O–H groups in total. The molecule has 0 spiro atoms. The first kappa shape index (κ1) is 18.6. The number of carbonyl (C=O) groups excluding carboxylic acids is 1. The van der Waals surface area contributed by atoms with Crippen molar-refractivity contribution in [1.82, 2.24) is 19.9 Å². The molecule has 2 aromatic rings. The molecule has 1 aliphatic heterocycles. The zero-order chi connectivity index (χ0) is 18.5. The van der Waals surface area contributed by atoms with E-state index in [2.05, 4.69) is 34.1 Å². The molecule has 1 aromatic carbocycles. The molecule has 6 nitrogen and oxygen atoms in total. The van der Waals surface area contributed by atoms with Gasteiger partial charge in [0, 0.05) is 32.2 Å². The predicted octanol–water partition coefficient (Wildman–Crippen LogP) is 2.47. The van der Waals surface area contributed by atoms with Crippen LogP contribution in [0.4, 0.5) is 0 Å². The Morgan fingerprint density at radius 1 is 1.27 bits per heavy atom. The lowest BCUT2D eigenvalue weighted by Crippen LogP contribution is -2.39. The minimum atomic E-state index is -0.0778. The van der Waals surface area contributed by atoms with E-state index in [4.69, 9.17) is 4.52 Å².